The summed E-state index contributed by atoms with van der Waals surface area (Å²) in [5, 5.41) is 8.35. The minimum atomic E-state index is -0.616. The lowest BCUT2D eigenvalue weighted by Gasteiger charge is -2.12. The number of aromatic nitrogens is 1. The van der Waals surface area contributed by atoms with Gasteiger partial charge in [0.2, 0.25) is 0 Å². The van der Waals surface area contributed by atoms with Crippen molar-refractivity contribution in [2.45, 2.75) is 57.9 Å². The number of carbonyl (C=O) groups excluding carboxylic acids is 4. The smallest absolute Gasteiger partial charge is 0.343 e. The highest BCUT2D eigenvalue weighted by molar-refractivity contribution is 5.92. The first-order chi connectivity index (χ1) is 29.3. The number of benzene rings is 4. The Hall–Kier alpha value is -7.09. The number of azo groups is 1. The van der Waals surface area contributed by atoms with E-state index in [0.717, 1.165) is 63.5 Å². The fraction of sp³-hybridized carbons (Fsp3) is 0.283. The lowest BCUT2D eigenvalue weighted by Crippen LogP contribution is -2.11. The van der Waals surface area contributed by atoms with E-state index in [1.165, 1.54) is 12.1 Å². The first kappa shape index (κ1) is 44.0. The normalized spacial score (nSPS) is 10.9. The van der Waals surface area contributed by atoms with Gasteiger partial charge in [0.25, 0.3) is 0 Å². The van der Waals surface area contributed by atoms with Crippen LogP contribution in [-0.2, 0) is 25.6 Å². The molecule has 5 aromatic rings. The third-order valence-corrected chi connectivity index (χ3v) is 8.74. The quantitative estimate of drug-likeness (QED) is 0.0180. The molecule has 0 unspecified atom stereocenters. The molecule has 0 saturated heterocycles. The van der Waals surface area contributed by atoms with Crippen LogP contribution in [0.3, 0.4) is 0 Å². The lowest BCUT2D eigenvalue weighted by molar-refractivity contribution is -0.138. The number of rotatable bonds is 25. The molecular formula is C46H47N3O11. The molecule has 0 spiro atoms. The van der Waals surface area contributed by atoms with Gasteiger partial charge in [-0.15, -0.1) is 0 Å². The van der Waals surface area contributed by atoms with E-state index in [1.54, 1.807) is 66.7 Å². The summed E-state index contributed by atoms with van der Waals surface area (Å²) in [4.78, 5) is 52.9. The fourth-order valence-corrected chi connectivity index (χ4v) is 5.58. The van der Waals surface area contributed by atoms with Crippen molar-refractivity contribution in [1.29, 1.82) is 0 Å². The molecule has 0 aliphatic rings. The van der Waals surface area contributed by atoms with E-state index in [0.29, 0.717) is 65.7 Å². The molecule has 5 rings (SSSR count). The van der Waals surface area contributed by atoms with Gasteiger partial charge in [0, 0.05) is 17.7 Å². The summed E-state index contributed by atoms with van der Waals surface area (Å²) < 4.78 is 38.7. The second-order valence-electron chi connectivity index (χ2n) is 13.2. The van der Waals surface area contributed by atoms with Gasteiger partial charge in [-0.25, -0.2) is 19.2 Å². The molecule has 60 heavy (non-hydrogen) atoms. The molecule has 0 aliphatic carbocycles. The highest BCUT2D eigenvalue weighted by Gasteiger charge is 2.16. The molecule has 0 N–H and O–H groups in total. The van der Waals surface area contributed by atoms with Crippen LogP contribution in [0.15, 0.2) is 131 Å². The topological polar surface area (TPSA) is 174 Å². The van der Waals surface area contributed by atoms with Crippen molar-refractivity contribution in [3.63, 3.8) is 0 Å². The average Bonchev–Trinajstić information content (AvgIpc) is 3.69. The van der Waals surface area contributed by atoms with Crippen molar-refractivity contribution >= 4 is 41.0 Å². The van der Waals surface area contributed by atoms with Gasteiger partial charge < -0.3 is 32.8 Å². The maximum Gasteiger partial charge on any atom is 0.343 e. The summed E-state index contributed by atoms with van der Waals surface area (Å²) in [7, 11) is 0. The van der Waals surface area contributed by atoms with Gasteiger partial charge in [0.1, 0.15) is 28.5 Å². The Labute approximate surface area is 347 Å². The van der Waals surface area contributed by atoms with Crippen LogP contribution in [0, 0.1) is 0 Å². The number of para-hydroxylation sites is 2. The minimum Gasteiger partial charge on any atom is -0.494 e. The maximum atomic E-state index is 13.3. The third kappa shape index (κ3) is 14.7. The monoisotopic (exact) mass is 817 g/mol. The SMILES string of the molecule is C=CC(=O)OCCCCCCOc1ccc(C(=O)Oc2ccc(OC(=O)c3ccc(OCCCCCCOC(=O)C=C)cc3)c(CN=Nc3nc4ccccc4o3)c2)cc1. The summed E-state index contributed by atoms with van der Waals surface area (Å²) in [5.74, 6) is -0.452. The summed E-state index contributed by atoms with van der Waals surface area (Å²) >= 11 is 0. The number of oxazole rings is 1. The predicted molar refractivity (Wildman–Crippen MR) is 222 cm³/mol. The summed E-state index contributed by atoms with van der Waals surface area (Å²) in [5.41, 5.74) is 2.20. The summed E-state index contributed by atoms with van der Waals surface area (Å²) in [6.45, 7) is 8.41. The number of nitrogens with zero attached hydrogens (tertiary/aromatic N) is 3. The Morgan fingerprint density at radius 3 is 1.67 bits per heavy atom. The van der Waals surface area contributed by atoms with E-state index in [-0.39, 0.29) is 24.1 Å². The number of carbonyl (C=O) groups is 4. The molecule has 1 heterocycles. The predicted octanol–water partition coefficient (Wildman–Crippen LogP) is 9.89. The van der Waals surface area contributed by atoms with Crippen LogP contribution in [0.25, 0.3) is 11.1 Å². The molecule has 0 aliphatic heterocycles. The van der Waals surface area contributed by atoms with Crippen molar-refractivity contribution in [2.75, 3.05) is 26.4 Å². The molecule has 1 aromatic heterocycles. The number of hydrogen-bond acceptors (Lipinski definition) is 14. The zero-order chi connectivity index (χ0) is 42.4. The van der Waals surface area contributed by atoms with Crippen LogP contribution in [0.5, 0.6) is 23.0 Å². The maximum absolute atomic E-state index is 13.3. The molecular weight excluding hydrogens is 771 g/mol. The third-order valence-electron chi connectivity index (χ3n) is 8.74. The van der Waals surface area contributed by atoms with E-state index < -0.39 is 23.9 Å². The molecule has 0 radical (unpaired) electrons. The lowest BCUT2D eigenvalue weighted by atomic mass is 10.1. The first-order valence-electron chi connectivity index (χ1n) is 19.7. The van der Waals surface area contributed by atoms with Gasteiger partial charge >= 0.3 is 29.9 Å². The van der Waals surface area contributed by atoms with Crippen molar-refractivity contribution in [1.82, 2.24) is 4.98 Å². The molecule has 14 heteroatoms. The Morgan fingerprint density at radius 1 is 0.600 bits per heavy atom. The molecule has 4 aromatic carbocycles. The van der Waals surface area contributed by atoms with Gasteiger partial charge in [-0.05, 0) is 130 Å². The number of unbranched alkanes of at least 4 members (excludes halogenated alkanes) is 6. The van der Waals surface area contributed by atoms with E-state index >= 15 is 0 Å². The van der Waals surface area contributed by atoms with Crippen LogP contribution >= 0.6 is 0 Å². The minimum absolute atomic E-state index is 0.0577. The molecule has 0 atom stereocenters. The van der Waals surface area contributed by atoms with E-state index in [2.05, 4.69) is 28.4 Å². The first-order valence-corrected chi connectivity index (χ1v) is 19.7. The van der Waals surface area contributed by atoms with E-state index in [1.807, 2.05) is 12.1 Å². The van der Waals surface area contributed by atoms with Gasteiger partial charge in [0.15, 0.2) is 5.58 Å². The Kier molecular flexibility index (Phi) is 17.6. The molecule has 312 valence electrons. The second-order valence-corrected chi connectivity index (χ2v) is 13.2. The summed E-state index contributed by atoms with van der Waals surface area (Å²) in [6, 6.07) is 25.1. The zero-order valence-electron chi connectivity index (χ0n) is 33.3. The van der Waals surface area contributed by atoms with E-state index in [4.69, 9.17) is 32.8 Å². The number of esters is 4. The van der Waals surface area contributed by atoms with Crippen molar-refractivity contribution in [3.05, 3.63) is 133 Å². The highest BCUT2D eigenvalue weighted by Crippen LogP contribution is 2.28. The number of fused-ring (bicyclic) bond motifs is 1. The van der Waals surface area contributed by atoms with Gasteiger partial charge in [-0.3, -0.25) is 0 Å². The number of hydrogen-bond donors (Lipinski definition) is 0. The van der Waals surface area contributed by atoms with E-state index in [9.17, 15) is 19.2 Å². The number of ether oxygens (including phenoxy) is 6. The zero-order valence-corrected chi connectivity index (χ0v) is 33.3. The summed E-state index contributed by atoms with van der Waals surface area (Å²) in [6.07, 6.45) is 9.10. The molecule has 14 nitrogen and oxygen atoms in total. The second kappa shape index (κ2) is 24.0. The van der Waals surface area contributed by atoms with Crippen LogP contribution in [0.1, 0.15) is 77.6 Å². The Morgan fingerprint density at radius 2 is 1.12 bits per heavy atom. The van der Waals surface area contributed by atoms with Crippen LogP contribution in [-0.4, -0.2) is 55.3 Å². The van der Waals surface area contributed by atoms with Crippen molar-refractivity contribution in [2.24, 2.45) is 10.2 Å². The fourth-order valence-electron chi connectivity index (χ4n) is 5.58. The molecule has 0 amide bonds. The van der Waals surface area contributed by atoms with Crippen molar-refractivity contribution < 1.29 is 52.0 Å². The Bertz CT molecular complexity index is 2200. The van der Waals surface area contributed by atoms with Gasteiger partial charge in [0.05, 0.1) is 44.1 Å². The standard InChI is InChI=1S/C46H47N3O11/c1-3-42(50)56-29-13-7-5-11-27-54-36-21-17-33(18-22-36)44(52)58-38-25-26-40(35(31-38)32-47-49-46-48-39-15-9-10-16-41(39)60-46)59-45(53)34-19-23-37(24-20-34)55-28-12-6-8-14-30-57-43(51)4-2/h3-4,9-10,15-26,31H,1-2,5-8,11-14,27-30,32H2. The largest absolute Gasteiger partial charge is 0.494 e. The van der Waals surface area contributed by atoms with Gasteiger partial charge in [-0.1, -0.05) is 30.4 Å². The molecule has 0 fully saturated rings. The van der Waals surface area contributed by atoms with Crippen LogP contribution < -0.4 is 18.9 Å². The molecule has 0 bridgehead atoms. The van der Waals surface area contributed by atoms with Crippen molar-refractivity contribution in [3.8, 4) is 23.0 Å². The molecule has 0 saturated carbocycles. The average molecular weight is 818 g/mol. The van der Waals surface area contributed by atoms with Crippen LogP contribution in [0.4, 0.5) is 6.01 Å². The highest BCUT2D eigenvalue weighted by atomic mass is 16.5. The van der Waals surface area contributed by atoms with Crippen LogP contribution in [0.2, 0.25) is 0 Å². The Balaban J connectivity index is 1.15. The van der Waals surface area contributed by atoms with Gasteiger partial charge in [-0.2, -0.15) is 10.1 Å².